The number of piperidine rings is 1. The van der Waals surface area contributed by atoms with Crippen molar-refractivity contribution in [2.24, 2.45) is 0 Å². The van der Waals surface area contributed by atoms with Gasteiger partial charge in [0.2, 0.25) is 0 Å². The number of rotatable bonds is 3. The number of hydrogen-bond donors (Lipinski definition) is 0. The topological polar surface area (TPSA) is 57.5 Å². The van der Waals surface area contributed by atoms with Crippen LogP contribution < -0.4 is 0 Å². The molecule has 0 aliphatic carbocycles. The van der Waals surface area contributed by atoms with Crippen molar-refractivity contribution in [1.29, 1.82) is 5.26 Å². The number of hydrogen-bond acceptors (Lipinski definition) is 4. The van der Waals surface area contributed by atoms with Gasteiger partial charge in [-0.1, -0.05) is 17.7 Å². The first-order valence-corrected chi connectivity index (χ1v) is 9.86. The molecule has 0 amide bonds. The Balaban J connectivity index is 1.30. The molecule has 4 heterocycles. The van der Waals surface area contributed by atoms with Crippen LogP contribution in [0.3, 0.4) is 0 Å². The molecule has 0 saturated carbocycles. The first-order valence-electron chi connectivity index (χ1n) is 9.48. The Kier molecular flexibility index (Phi) is 4.31. The Hall–Kier alpha value is -2.81. The molecule has 0 atom stereocenters. The fourth-order valence-corrected chi connectivity index (χ4v) is 4.26. The van der Waals surface area contributed by atoms with Crippen LogP contribution in [0.15, 0.2) is 53.2 Å². The molecular formula is C22H19ClN4O. The van der Waals surface area contributed by atoms with E-state index >= 15 is 0 Å². The van der Waals surface area contributed by atoms with Crippen LogP contribution in [0.5, 0.6) is 0 Å². The number of pyridine rings is 1. The van der Waals surface area contributed by atoms with Crippen molar-refractivity contribution in [2.75, 3.05) is 13.1 Å². The maximum Gasteiger partial charge on any atom is 0.198 e. The van der Waals surface area contributed by atoms with Crippen molar-refractivity contribution in [3.05, 3.63) is 70.8 Å². The molecule has 28 heavy (non-hydrogen) atoms. The number of oxazole rings is 1. The van der Waals surface area contributed by atoms with Crippen LogP contribution in [0.25, 0.3) is 16.6 Å². The minimum atomic E-state index is 0.325. The molecule has 0 unspecified atom stereocenters. The molecule has 0 bridgehead atoms. The van der Waals surface area contributed by atoms with E-state index in [1.165, 1.54) is 0 Å². The summed E-state index contributed by atoms with van der Waals surface area (Å²) in [5.74, 6) is 1.13. The summed E-state index contributed by atoms with van der Waals surface area (Å²) in [7, 11) is 0. The van der Waals surface area contributed by atoms with Crippen LogP contribution in [0.4, 0.5) is 0 Å². The SMILES string of the molecule is N#Cc1c(CN2CCC(c3nc4cc(Cl)ccc4o3)CC2)cn2ccccc12. The number of fused-ring (bicyclic) bond motifs is 2. The maximum atomic E-state index is 9.60. The summed E-state index contributed by atoms with van der Waals surface area (Å²) < 4.78 is 7.99. The number of nitriles is 1. The molecule has 1 aliphatic heterocycles. The highest BCUT2D eigenvalue weighted by Crippen LogP contribution is 2.31. The van der Waals surface area contributed by atoms with Gasteiger partial charge in [-0.05, 0) is 56.3 Å². The molecule has 0 spiro atoms. The van der Waals surface area contributed by atoms with E-state index in [0.717, 1.165) is 66.1 Å². The summed E-state index contributed by atoms with van der Waals surface area (Å²) in [5, 5.41) is 10.3. The minimum Gasteiger partial charge on any atom is -0.440 e. The van der Waals surface area contributed by atoms with Gasteiger partial charge in [0.05, 0.1) is 11.1 Å². The fourth-order valence-electron chi connectivity index (χ4n) is 4.10. The molecule has 140 valence electrons. The Bertz CT molecular complexity index is 1190. The molecule has 1 aliphatic rings. The van der Waals surface area contributed by atoms with Gasteiger partial charge in [0.1, 0.15) is 11.6 Å². The first-order chi connectivity index (χ1) is 13.7. The van der Waals surface area contributed by atoms with E-state index in [9.17, 15) is 5.26 Å². The lowest BCUT2D eigenvalue weighted by molar-refractivity contribution is 0.194. The third-order valence-corrected chi connectivity index (χ3v) is 5.81. The Morgan fingerprint density at radius 2 is 2.07 bits per heavy atom. The van der Waals surface area contributed by atoms with E-state index in [2.05, 4.69) is 22.1 Å². The lowest BCUT2D eigenvalue weighted by Gasteiger charge is -2.30. The van der Waals surface area contributed by atoms with E-state index in [-0.39, 0.29) is 0 Å². The summed E-state index contributed by atoms with van der Waals surface area (Å²) in [4.78, 5) is 7.05. The van der Waals surface area contributed by atoms with Crippen molar-refractivity contribution in [3.63, 3.8) is 0 Å². The van der Waals surface area contributed by atoms with Gasteiger partial charge in [0.25, 0.3) is 0 Å². The molecule has 0 N–H and O–H groups in total. The second-order valence-corrected chi connectivity index (χ2v) is 7.79. The quantitative estimate of drug-likeness (QED) is 0.494. The van der Waals surface area contributed by atoms with E-state index in [1.54, 1.807) is 0 Å². The zero-order valence-corrected chi connectivity index (χ0v) is 16.1. The fraction of sp³-hybridized carbons (Fsp3) is 0.273. The molecule has 5 rings (SSSR count). The van der Waals surface area contributed by atoms with Crippen LogP contribution in [-0.2, 0) is 6.54 Å². The predicted octanol–water partition coefficient (Wildman–Crippen LogP) is 4.99. The number of benzene rings is 1. The summed E-state index contributed by atoms with van der Waals surface area (Å²) in [5.41, 5.74) is 4.45. The lowest BCUT2D eigenvalue weighted by Crippen LogP contribution is -2.32. The summed E-state index contributed by atoms with van der Waals surface area (Å²) in [6.07, 6.45) is 6.06. The van der Waals surface area contributed by atoms with Crippen molar-refractivity contribution >= 4 is 28.2 Å². The van der Waals surface area contributed by atoms with Gasteiger partial charge in [-0.2, -0.15) is 5.26 Å². The van der Waals surface area contributed by atoms with Gasteiger partial charge < -0.3 is 8.82 Å². The highest BCUT2D eigenvalue weighted by molar-refractivity contribution is 6.31. The zero-order chi connectivity index (χ0) is 19.1. The lowest BCUT2D eigenvalue weighted by atomic mass is 9.96. The van der Waals surface area contributed by atoms with Crippen LogP contribution >= 0.6 is 11.6 Å². The second-order valence-electron chi connectivity index (χ2n) is 7.35. The van der Waals surface area contributed by atoms with Crippen LogP contribution in [0, 0.1) is 11.3 Å². The van der Waals surface area contributed by atoms with Gasteiger partial charge >= 0.3 is 0 Å². The third kappa shape index (κ3) is 3.05. The number of nitrogens with zero attached hydrogens (tertiary/aromatic N) is 4. The maximum absolute atomic E-state index is 9.60. The normalized spacial score (nSPS) is 16.0. The Morgan fingerprint density at radius 1 is 1.21 bits per heavy atom. The van der Waals surface area contributed by atoms with E-state index in [4.69, 9.17) is 16.0 Å². The molecule has 6 heteroatoms. The molecule has 1 aromatic carbocycles. The van der Waals surface area contributed by atoms with Crippen molar-refractivity contribution in [2.45, 2.75) is 25.3 Å². The van der Waals surface area contributed by atoms with Crippen LogP contribution in [-0.4, -0.2) is 27.4 Å². The zero-order valence-electron chi connectivity index (χ0n) is 15.3. The third-order valence-electron chi connectivity index (χ3n) is 5.57. The molecule has 1 saturated heterocycles. The van der Waals surface area contributed by atoms with Gasteiger partial charge in [0, 0.05) is 35.4 Å². The number of aromatic nitrogens is 2. The van der Waals surface area contributed by atoms with Crippen molar-refractivity contribution < 1.29 is 4.42 Å². The van der Waals surface area contributed by atoms with Gasteiger partial charge in [0.15, 0.2) is 11.5 Å². The Labute approximate surface area is 167 Å². The van der Waals surface area contributed by atoms with Gasteiger partial charge in [-0.15, -0.1) is 0 Å². The van der Waals surface area contributed by atoms with Gasteiger partial charge in [-0.3, -0.25) is 4.90 Å². The van der Waals surface area contributed by atoms with E-state index < -0.39 is 0 Å². The number of likely N-dealkylation sites (tertiary alicyclic amines) is 1. The molecule has 1 fully saturated rings. The molecule has 3 aromatic heterocycles. The average molecular weight is 391 g/mol. The van der Waals surface area contributed by atoms with Crippen molar-refractivity contribution in [3.8, 4) is 6.07 Å². The summed E-state index contributed by atoms with van der Waals surface area (Å²) in [6, 6.07) is 13.9. The number of halogens is 1. The summed E-state index contributed by atoms with van der Waals surface area (Å²) in [6.45, 7) is 2.71. The summed E-state index contributed by atoms with van der Waals surface area (Å²) >= 11 is 6.05. The predicted molar refractivity (Wildman–Crippen MR) is 108 cm³/mol. The molecule has 4 aromatic rings. The second kappa shape index (κ2) is 6.97. The average Bonchev–Trinajstić information content (AvgIpc) is 3.28. The molecule has 0 radical (unpaired) electrons. The largest absolute Gasteiger partial charge is 0.440 e. The molecule has 5 nitrogen and oxygen atoms in total. The minimum absolute atomic E-state index is 0.325. The highest BCUT2D eigenvalue weighted by atomic mass is 35.5. The monoisotopic (exact) mass is 390 g/mol. The van der Waals surface area contributed by atoms with Gasteiger partial charge in [-0.25, -0.2) is 4.98 Å². The van der Waals surface area contributed by atoms with Crippen LogP contribution in [0.1, 0.15) is 35.8 Å². The van der Waals surface area contributed by atoms with Crippen molar-refractivity contribution in [1.82, 2.24) is 14.3 Å². The first kappa shape index (κ1) is 17.3. The van der Waals surface area contributed by atoms with E-state index in [1.807, 2.05) is 47.0 Å². The van der Waals surface area contributed by atoms with Crippen LogP contribution in [0.2, 0.25) is 5.02 Å². The van der Waals surface area contributed by atoms with E-state index in [0.29, 0.717) is 10.9 Å². The highest BCUT2D eigenvalue weighted by Gasteiger charge is 2.25. The smallest absolute Gasteiger partial charge is 0.198 e. The standard InChI is InChI=1S/C22H19ClN4O/c23-17-4-5-21-19(11-17)25-22(28-21)15-6-9-26(10-7-15)13-16-14-27-8-2-1-3-20(27)18(16)12-24/h1-5,8,11,14-15H,6-7,9-10,13H2. The molecular weight excluding hydrogens is 372 g/mol. The Morgan fingerprint density at radius 3 is 2.89 bits per heavy atom.